The molecular weight excluding hydrogens is 358 g/mol. The van der Waals surface area contributed by atoms with Crippen LogP contribution in [0.25, 0.3) is 6.08 Å². The molecule has 0 spiro atoms. The summed E-state index contributed by atoms with van der Waals surface area (Å²) in [6.07, 6.45) is 8.24. The van der Waals surface area contributed by atoms with Gasteiger partial charge in [0.05, 0.1) is 6.26 Å². The van der Waals surface area contributed by atoms with Gasteiger partial charge in [-0.1, -0.05) is 48.9 Å². The highest BCUT2D eigenvalue weighted by Crippen LogP contribution is 2.40. The summed E-state index contributed by atoms with van der Waals surface area (Å²) in [5.41, 5.74) is 2.86. The summed E-state index contributed by atoms with van der Waals surface area (Å²) < 4.78 is 24.8. The Morgan fingerprint density at radius 1 is 1.22 bits per heavy atom. The van der Waals surface area contributed by atoms with E-state index >= 15 is 0 Å². The second-order valence-electron chi connectivity index (χ2n) is 7.88. The van der Waals surface area contributed by atoms with E-state index < -0.39 is 10.0 Å². The fraction of sp³-hybridized carbons (Fsp3) is 0.619. The van der Waals surface area contributed by atoms with Gasteiger partial charge in [0.25, 0.3) is 0 Å². The molecule has 1 aromatic carbocycles. The van der Waals surface area contributed by atoms with Crippen LogP contribution >= 0.6 is 0 Å². The Morgan fingerprint density at radius 2 is 1.93 bits per heavy atom. The van der Waals surface area contributed by atoms with E-state index in [1.165, 1.54) is 18.2 Å². The molecule has 5 nitrogen and oxygen atoms in total. The molecule has 1 aliphatic heterocycles. The zero-order chi connectivity index (χ0) is 19.3. The lowest BCUT2D eigenvalue weighted by molar-refractivity contribution is 0.199. The van der Waals surface area contributed by atoms with Crippen molar-refractivity contribution in [1.82, 2.24) is 14.9 Å². The number of nitrogens with one attached hydrogen (secondary N) is 2. The second-order valence-corrected chi connectivity index (χ2v) is 9.71. The minimum Gasteiger partial charge on any atom is -0.311 e. The third-order valence-electron chi connectivity index (χ3n) is 5.66. The van der Waals surface area contributed by atoms with E-state index in [0.717, 1.165) is 38.9 Å². The van der Waals surface area contributed by atoms with Crippen molar-refractivity contribution in [2.75, 3.05) is 32.4 Å². The molecule has 1 heterocycles. The van der Waals surface area contributed by atoms with Crippen LogP contribution in [0.4, 0.5) is 0 Å². The predicted octanol–water partition coefficient (Wildman–Crippen LogP) is 2.47. The molecule has 0 amide bonds. The Labute approximate surface area is 164 Å². The van der Waals surface area contributed by atoms with Crippen molar-refractivity contribution < 1.29 is 8.42 Å². The SMILES string of the molecule is CC/C(=C\c1ccccc1)[C@H]1C[C@@H]1NC1CCN(CCNS(C)(=O)=O)CC1. The first-order chi connectivity index (χ1) is 12.9. The van der Waals surface area contributed by atoms with Crippen molar-refractivity contribution in [2.24, 2.45) is 5.92 Å². The summed E-state index contributed by atoms with van der Waals surface area (Å²) in [4.78, 5) is 2.35. The van der Waals surface area contributed by atoms with Gasteiger partial charge < -0.3 is 10.2 Å². The van der Waals surface area contributed by atoms with Gasteiger partial charge in [-0.3, -0.25) is 0 Å². The second kappa shape index (κ2) is 9.32. The van der Waals surface area contributed by atoms with E-state index in [2.05, 4.69) is 58.3 Å². The first-order valence-electron chi connectivity index (χ1n) is 10.1. The summed E-state index contributed by atoms with van der Waals surface area (Å²) in [7, 11) is -3.08. The van der Waals surface area contributed by atoms with Crippen molar-refractivity contribution in [3.05, 3.63) is 41.5 Å². The monoisotopic (exact) mass is 391 g/mol. The molecule has 6 heteroatoms. The highest BCUT2D eigenvalue weighted by atomic mass is 32.2. The molecule has 1 aliphatic carbocycles. The Morgan fingerprint density at radius 3 is 2.56 bits per heavy atom. The number of sulfonamides is 1. The lowest BCUT2D eigenvalue weighted by atomic mass is 10.0. The number of nitrogens with zero attached hydrogens (tertiary/aromatic N) is 1. The molecule has 2 fully saturated rings. The summed E-state index contributed by atoms with van der Waals surface area (Å²) >= 11 is 0. The Balaban J connectivity index is 1.40. The van der Waals surface area contributed by atoms with Gasteiger partial charge in [-0.25, -0.2) is 13.1 Å². The molecule has 150 valence electrons. The minimum absolute atomic E-state index is 0.506. The zero-order valence-electron chi connectivity index (χ0n) is 16.5. The van der Waals surface area contributed by atoms with Crippen molar-refractivity contribution in [1.29, 1.82) is 0 Å². The molecule has 2 aliphatic rings. The molecule has 27 heavy (non-hydrogen) atoms. The summed E-state index contributed by atoms with van der Waals surface area (Å²) in [5.74, 6) is 0.687. The number of rotatable bonds is 9. The molecule has 3 rings (SSSR count). The van der Waals surface area contributed by atoms with Crippen LogP contribution in [-0.2, 0) is 10.0 Å². The molecule has 0 bridgehead atoms. The molecule has 1 saturated heterocycles. The van der Waals surface area contributed by atoms with E-state index in [-0.39, 0.29) is 0 Å². The molecule has 1 saturated carbocycles. The van der Waals surface area contributed by atoms with Gasteiger partial charge in [-0.15, -0.1) is 0 Å². The summed E-state index contributed by atoms with van der Waals surface area (Å²) in [6.45, 7) is 5.65. The minimum atomic E-state index is -3.08. The molecule has 0 aromatic heterocycles. The van der Waals surface area contributed by atoms with Crippen LogP contribution < -0.4 is 10.0 Å². The zero-order valence-corrected chi connectivity index (χ0v) is 17.3. The molecule has 1 aromatic rings. The summed E-state index contributed by atoms with van der Waals surface area (Å²) in [5, 5.41) is 3.87. The number of likely N-dealkylation sites (tertiary alicyclic amines) is 1. The van der Waals surface area contributed by atoms with Crippen molar-refractivity contribution >= 4 is 16.1 Å². The normalized spacial score (nSPS) is 24.9. The van der Waals surface area contributed by atoms with Crippen LogP contribution in [-0.4, -0.2) is 57.8 Å². The van der Waals surface area contributed by atoms with E-state index in [0.29, 0.717) is 24.5 Å². The van der Waals surface area contributed by atoms with Gasteiger partial charge in [0.15, 0.2) is 0 Å². The third-order valence-corrected chi connectivity index (χ3v) is 6.38. The lowest BCUT2D eigenvalue weighted by Crippen LogP contribution is -2.45. The first-order valence-corrected chi connectivity index (χ1v) is 12.0. The average molecular weight is 392 g/mol. The van der Waals surface area contributed by atoms with Crippen LogP contribution in [0, 0.1) is 5.92 Å². The van der Waals surface area contributed by atoms with Gasteiger partial charge in [0.2, 0.25) is 10.0 Å². The maximum Gasteiger partial charge on any atom is 0.208 e. The topological polar surface area (TPSA) is 61.4 Å². The number of piperidine rings is 1. The molecule has 2 N–H and O–H groups in total. The highest BCUT2D eigenvalue weighted by molar-refractivity contribution is 7.88. The largest absolute Gasteiger partial charge is 0.311 e. The van der Waals surface area contributed by atoms with Crippen LogP contribution in [0.2, 0.25) is 0 Å². The van der Waals surface area contributed by atoms with Crippen molar-refractivity contribution in [3.8, 4) is 0 Å². The van der Waals surface area contributed by atoms with Crippen LogP contribution in [0.5, 0.6) is 0 Å². The van der Waals surface area contributed by atoms with Gasteiger partial charge >= 0.3 is 0 Å². The fourth-order valence-corrected chi connectivity index (χ4v) is 4.50. The molecule has 0 unspecified atom stereocenters. The van der Waals surface area contributed by atoms with Crippen LogP contribution in [0.3, 0.4) is 0 Å². The highest BCUT2D eigenvalue weighted by Gasteiger charge is 2.40. The first kappa shape index (κ1) is 20.5. The number of hydrogen-bond acceptors (Lipinski definition) is 4. The van der Waals surface area contributed by atoms with Crippen LogP contribution in [0.15, 0.2) is 35.9 Å². The molecule has 0 radical (unpaired) electrons. The summed E-state index contributed by atoms with van der Waals surface area (Å²) in [6, 6.07) is 11.8. The fourth-order valence-electron chi connectivity index (χ4n) is 4.04. The Bertz CT molecular complexity index is 725. The number of hydrogen-bond donors (Lipinski definition) is 2. The Hall–Kier alpha value is -1.21. The molecular formula is C21H33N3O2S. The maximum atomic E-state index is 11.1. The van der Waals surface area contributed by atoms with E-state index in [1.54, 1.807) is 5.57 Å². The maximum absolute atomic E-state index is 11.1. The van der Waals surface area contributed by atoms with Gasteiger partial charge in [0, 0.05) is 25.2 Å². The Kier molecular flexibility index (Phi) is 7.09. The van der Waals surface area contributed by atoms with Gasteiger partial charge in [-0.05, 0) is 50.3 Å². The average Bonchev–Trinajstić information content (AvgIpc) is 3.40. The van der Waals surface area contributed by atoms with E-state index in [1.807, 2.05) is 0 Å². The van der Waals surface area contributed by atoms with Crippen LogP contribution in [0.1, 0.15) is 38.2 Å². The quantitative estimate of drug-likeness (QED) is 0.679. The van der Waals surface area contributed by atoms with Gasteiger partial charge in [0.1, 0.15) is 0 Å². The number of benzene rings is 1. The third kappa shape index (κ3) is 6.71. The molecule has 2 atom stereocenters. The standard InChI is InChI=1S/C21H33N3O2S/c1-3-18(15-17-7-5-4-6-8-17)20-16-21(20)23-19-9-12-24(13-10-19)14-11-22-27(2,25)26/h4-8,15,19-23H,3,9-14,16H2,1-2H3/b18-15+/t20-,21+/m1/s1. The van der Waals surface area contributed by atoms with E-state index in [9.17, 15) is 8.42 Å². The van der Waals surface area contributed by atoms with Crippen molar-refractivity contribution in [2.45, 2.75) is 44.7 Å². The van der Waals surface area contributed by atoms with Gasteiger partial charge in [-0.2, -0.15) is 0 Å². The predicted molar refractivity (Wildman–Crippen MR) is 112 cm³/mol. The van der Waals surface area contributed by atoms with E-state index in [4.69, 9.17) is 0 Å². The lowest BCUT2D eigenvalue weighted by Gasteiger charge is -2.32. The van der Waals surface area contributed by atoms with Crippen molar-refractivity contribution in [3.63, 3.8) is 0 Å². The smallest absolute Gasteiger partial charge is 0.208 e.